The second kappa shape index (κ2) is 6.11. The van der Waals surface area contributed by atoms with Crippen molar-refractivity contribution >= 4 is 11.9 Å². The zero-order valence-corrected chi connectivity index (χ0v) is 15.2. The molecule has 0 aromatic heterocycles. The number of rotatable bonds is 2. The number of esters is 2. The van der Waals surface area contributed by atoms with Crippen LogP contribution in [0.25, 0.3) is 0 Å². The number of cyclic esters (lactones) is 1. The maximum atomic E-state index is 12.8. The molecule has 0 amide bonds. The van der Waals surface area contributed by atoms with Gasteiger partial charge in [0.25, 0.3) is 0 Å². The van der Waals surface area contributed by atoms with Crippen molar-refractivity contribution in [3.63, 3.8) is 0 Å². The molecule has 2 aliphatic heterocycles. The summed E-state index contributed by atoms with van der Waals surface area (Å²) in [5.74, 6) is -2.34. The van der Waals surface area contributed by atoms with Gasteiger partial charge in [0.1, 0.15) is 28.4 Å². The summed E-state index contributed by atoms with van der Waals surface area (Å²) in [7, 11) is 1.47. The first kappa shape index (κ1) is 18.1. The van der Waals surface area contributed by atoms with E-state index < -0.39 is 30.6 Å². The largest absolute Gasteiger partial charge is 0.507 e. The van der Waals surface area contributed by atoms with Crippen LogP contribution in [0.1, 0.15) is 49.3 Å². The topological polar surface area (TPSA) is 132 Å². The molecule has 0 fully saturated rings. The van der Waals surface area contributed by atoms with Gasteiger partial charge in [-0.15, -0.1) is 0 Å². The number of carbonyl (C=O) groups excluding carboxylic acids is 2. The van der Waals surface area contributed by atoms with Crippen molar-refractivity contribution in [3.8, 4) is 28.7 Å². The van der Waals surface area contributed by atoms with E-state index in [-0.39, 0.29) is 39.5 Å². The molecule has 0 saturated heterocycles. The Morgan fingerprint density at radius 3 is 2.43 bits per heavy atom. The molecular formula is C19H16O9. The van der Waals surface area contributed by atoms with Crippen LogP contribution in [0.15, 0.2) is 6.07 Å². The number of ether oxygens (including phenoxy) is 4. The van der Waals surface area contributed by atoms with Crippen molar-refractivity contribution in [3.05, 3.63) is 39.4 Å². The molecule has 0 unspecified atom stereocenters. The van der Waals surface area contributed by atoms with Crippen LogP contribution in [0, 0.1) is 13.8 Å². The highest BCUT2D eigenvalue weighted by Crippen LogP contribution is 2.54. The summed E-state index contributed by atoms with van der Waals surface area (Å²) in [6, 6.07) is 1.64. The van der Waals surface area contributed by atoms with Crippen LogP contribution in [0.2, 0.25) is 0 Å². The summed E-state index contributed by atoms with van der Waals surface area (Å²) < 4.78 is 21.4. The van der Waals surface area contributed by atoms with Gasteiger partial charge in [0.05, 0.1) is 24.8 Å². The average molecular weight is 388 g/mol. The third-order valence-corrected chi connectivity index (χ3v) is 4.85. The Kier molecular flexibility index (Phi) is 3.95. The van der Waals surface area contributed by atoms with E-state index in [4.69, 9.17) is 18.9 Å². The van der Waals surface area contributed by atoms with E-state index in [1.165, 1.54) is 7.11 Å². The number of benzene rings is 2. The summed E-state index contributed by atoms with van der Waals surface area (Å²) in [6.07, 6.45) is -1.73. The Morgan fingerprint density at radius 2 is 1.79 bits per heavy atom. The zero-order chi connectivity index (χ0) is 20.3. The molecule has 0 spiro atoms. The van der Waals surface area contributed by atoms with Gasteiger partial charge in [-0.05, 0) is 25.5 Å². The number of hydrogen-bond acceptors (Lipinski definition) is 9. The smallest absolute Gasteiger partial charge is 0.347 e. The van der Waals surface area contributed by atoms with Gasteiger partial charge in [-0.2, -0.15) is 0 Å². The van der Waals surface area contributed by atoms with E-state index in [1.807, 2.05) is 0 Å². The van der Waals surface area contributed by atoms with Crippen LogP contribution >= 0.6 is 0 Å². The first-order valence-corrected chi connectivity index (χ1v) is 8.29. The van der Waals surface area contributed by atoms with Crippen LogP contribution < -0.4 is 14.2 Å². The minimum Gasteiger partial charge on any atom is -0.507 e. The predicted octanol–water partition coefficient (Wildman–Crippen LogP) is 2.00. The normalized spacial score (nSPS) is 17.0. The Hall–Kier alpha value is -3.30. The lowest BCUT2D eigenvalue weighted by Crippen LogP contribution is -2.11. The van der Waals surface area contributed by atoms with E-state index >= 15 is 0 Å². The van der Waals surface area contributed by atoms with Gasteiger partial charge in [0.2, 0.25) is 6.29 Å². The Morgan fingerprint density at radius 1 is 1.07 bits per heavy atom. The summed E-state index contributed by atoms with van der Waals surface area (Å²) in [4.78, 5) is 24.9. The lowest BCUT2D eigenvalue weighted by molar-refractivity contribution is -0.0555. The van der Waals surface area contributed by atoms with Crippen LogP contribution in [-0.4, -0.2) is 34.4 Å². The monoisotopic (exact) mass is 388 g/mol. The fraction of sp³-hybridized carbons (Fsp3) is 0.263. The summed E-state index contributed by atoms with van der Waals surface area (Å²) in [5, 5.41) is 30.3. The van der Waals surface area contributed by atoms with Gasteiger partial charge in [-0.1, -0.05) is 0 Å². The highest BCUT2D eigenvalue weighted by molar-refractivity contribution is 6.02. The maximum Gasteiger partial charge on any atom is 0.347 e. The highest BCUT2D eigenvalue weighted by Gasteiger charge is 2.43. The standard InChI is InChI=1S/C19H16O9/c1-6-4-9(25-3)7(2)14-10(6)17(22)27-15-8(5-20)13(21)11-12(16(15)26-14)19(24)28-18(11)23/h4,19-21,24H,5H2,1-3H3/t19-/m1/s1. The van der Waals surface area contributed by atoms with Gasteiger partial charge >= 0.3 is 11.9 Å². The summed E-state index contributed by atoms with van der Waals surface area (Å²) in [6.45, 7) is 2.58. The Labute approximate surface area is 158 Å². The first-order valence-electron chi connectivity index (χ1n) is 8.29. The molecule has 2 aliphatic rings. The lowest BCUT2D eigenvalue weighted by atomic mass is 10.0. The van der Waals surface area contributed by atoms with Gasteiger partial charge in [-0.25, -0.2) is 9.59 Å². The van der Waals surface area contributed by atoms with Crippen molar-refractivity contribution in [2.75, 3.05) is 7.11 Å². The van der Waals surface area contributed by atoms with Crippen molar-refractivity contribution < 1.29 is 43.9 Å². The van der Waals surface area contributed by atoms with E-state index in [1.54, 1.807) is 19.9 Å². The fourth-order valence-electron chi connectivity index (χ4n) is 3.47. The van der Waals surface area contributed by atoms with E-state index in [0.29, 0.717) is 16.9 Å². The number of aliphatic hydroxyl groups is 2. The number of methoxy groups -OCH3 is 1. The molecule has 0 aliphatic carbocycles. The maximum absolute atomic E-state index is 12.8. The van der Waals surface area contributed by atoms with Crippen LogP contribution in [-0.2, 0) is 11.3 Å². The van der Waals surface area contributed by atoms with E-state index in [0.717, 1.165) is 0 Å². The third-order valence-electron chi connectivity index (χ3n) is 4.85. The lowest BCUT2D eigenvalue weighted by Gasteiger charge is -2.17. The quantitative estimate of drug-likeness (QED) is 0.522. The van der Waals surface area contributed by atoms with Crippen molar-refractivity contribution in [1.82, 2.24) is 0 Å². The number of fused-ring (bicyclic) bond motifs is 4. The number of aryl methyl sites for hydroxylation is 1. The zero-order valence-electron chi connectivity index (χ0n) is 15.2. The van der Waals surface area contributed by atoms with Gasteiger partial charge in [-0.3, -0.25) is 0 Å². The molecule has 0 saturated carbocycles. The highest BCUT2D eigenvalue weighted by atomic mass is 16.6. The van der Waals surface area contributed by atoms with Gasteiger partial charge in [0, 0.05) is 5.56 Å². The van der Waals surface area contributed by atoms with Crippen molar-refractivity contribution in [2.45, 2.75) is 26.7 Å². The SMILES string of the molecule is COc1cc(C)c2c(c1C)Oc1c(c(CO)c(O)c3c1[C@H](O)OC3=O)OC2=O. The van der Waals surface area contributed by atoms with E-state index in [2.05, 4.69) is 0 Å². The summed E-state index contributed by atoms with van der Waals surface area (Å²) in [5.41, 5.74) is 0.339. The molecule has 9 nitrogen and oxygen atoms in total. The number of hydrogen-bond donors (Lipinski definition) is 3. The molecule has 28 heavy (non-hydrogen) atoms. The molecule has 0 radical (unpaired) electrons. The molecule has 9 heteroatoms. The number of phenols is 1. The minimum absolute atomic E-state index is 0.115. The second-order valence-electron chi connectivity index (χ2n) is 6.41. The minimum atomic E-state index is -1.73. The molecule has 2 heterocycles. The van der Waals surface area contributed by atoms with Crippen LogP contribution in [0.5, 0.6) is 28.7 Å². The molecule has 2 aromatic rings. The Bertz CT molecular complexity index is 1050. The average Bonchev–Trinajstić information content (AvgIpc) is 2.85. The molecule has 0 bridgehead atoms. The second-order valence-corrected chi connectivity index (χ2v) is 6.41. The Balaban J connectivity index is 2.08. The molecule has 3 N–H and O–H groups in total. The predicted molar refractivity (Wildman–Crippen MR) is 91.9 cm³/mol. The summed E-state index contributed by atoms with van der Waals surface area (Å²) >= 11 is 0. The molecular weight excluding hydrogens is 372 g/mol. The van der Waals surface area contributed by atoms with Gasteiger partial charge < -0.3 is 34.3 Å². The molecule has 1 atom stereocenters. The van der Waals surface area contributed by atoms with Crippen molar-refractivity contribution in [1.29, 1.82) is 0 Å². The molecule has 146 valence electrons. The molecule has 2 aromatic carbocycles. The fourth-order valence-corrected chi connectivity index (χ4v) is 3.47. The number of carbonyl (C=O) groups is 2. The number of aromatic hydroxyl groups is 1. The van der Waals surface area contributed by atoms with Crippen LogP contribution in [0.3, 0.4) is 0 Å². The molecule has 4 rings (SSSR count). The van der Waals surface area contributed by atoms with Crippen molar-refractivity contribution in [2.24, 2.45) is 0 Å². The van der Waals surface area contributed by atoms with Crippen LogP contribution in [0.4, 0.5) is 0 Å². The van der Waals surface area contributed by atoms with Gasteiger partial charge in [0.15, 0.2) is 11.5 Å². The number of aliphatic hydroxyl groups excluding tert-OH is 2. The third kappa shape index (κ3) is 2.26. The van der Waals surface area contributed by atoms with E-state index in [9.17, 15) is 24.9 Å². The first-order chi connectivity index (χ1) is 13.3.